The number of aldehydes is 1. The first-order valence-corrected chi connectivity index (χ1v) is 5.85. The molecule has 20 heavy (non-hydrogen) atoms. The van der Waals surface area contributed by atoms with Crippen LogP contribution in [0.2, 0.25) is 0 Å². The van der Waals surface area contributed by atoms with Gasteiger partial charge in [-0.25, -0.2) is 14.1 Å². The minimum Gasteiger partial charge on any atom is -0.298 e. The largest absolute Gasteiger partial charge is 0.298 e. The molecule has 0 spiro atoms. The Morgan fingerprint density at radius 3 is 2.85 bits per heavy atom. The number of aromatic nitrogens is 4. The van der Waals surface area contributed by atoms with E-state index in [0.717, 1.165) is 6.20 Å². The Labute approximate surface area is 113 Å². The second-order valence-electron chi connectivity index (χ2n) is 4.08. The minimum atomic E-state index is -0.480. The zero-order valence-corrected chi connectivity index (χ0v) is 10.3. The van der Waals surface area contributed by atoms with Gasteiger partial charge in [-0.2, -0.15) is 5.10 Å². The van der Waals surface area contributed by atoms with Gasteiger partial charge in [-0.05, 0) is 18.2 Å². The fraction of sp³-hybridized carbons (Fsp3) is 0. The number of rotatable bonds is 3. The van der Waals surface area contributed by atoms with Crippen molar-refractivity contribution in [2.75, 3.05) is 0 Å². The van der Waals surface area contributed by atoms with Gasteiger partial charge in [-0.1, -0.05) is 6.07 Å². The average molecular weight is 268 g/mol. The Hall–Kier alpha value is -2.89. The standard InChI is InChI=1S/C14H9FN4O/c15-12-5-10(6-16-7-12)14-11(9-20)8-19(18-14)13-3-1-2-4-17-13/h1-9H. The van der Waals surface area contributed by atoms with Crippen LogP contribution >= 0.6 is 0 Å². The van der Waals surface area contributed by atoms with Gasteiger partial charge >= 0.3 is 0 Å². The van der Waals surface area contributed by atoms with Crippen molar-refractivity contribution >= 4 is 6.29 Å². The molecule has 0 unspecified atom stereocenters. The van der Waals surface area contributed by atoms with Gasteiger partial charge in [0, 0.05) is 24.2 Å². The van der Waals surface area contributed by atoms with Crippen molar-refractivity contribution in [1.82, 2.24) is 19.7 Å². The van der Waals surface area contributed by atoms with Gasteiger partial charge in [0.2, 0.25) is 0 Å². The van der Waals surface area contributed by atoms with Crippen LogP contribution in [0.1, 0.15) is 10.4 Å². The van der Waals surface area contributed by atoms with Crippen molar-refractivity contribution in [2.45, 2.75) is 0 Å². The van der Waals surface area contributed by atoms with Crippen molar-refractivity contribution in [2.24, 2.45) is 0 Å². The van der Waals surface area contributed by atoms with E-state index < -0.39 is 5.82 Å². The lowest BCUT2D eigenvalue weighted by Gasteiger charge is -1.99. The number of halogens is 1. The zero-order valence-electron chi connectivity index (χ0n) is 10.3. The quantitative estimate of drug-likeness (QED) is 0.684. The van der Waals surface area contributed by atoms with Gasteiger partial charge in [0.25, 0.3) is 0 Å². The number of pyridine rings is 2. The lowest BCUT2D eigenvalue weighted by molar-refractivity contribution is 0.112. The summed E-state index contributed by atoms with van der Waals surface area (Å²) in [5, 5.41) is 4.28. The molecule has 0 aromatic carbocycles. The molecule has 5 nitrogen and oxygen atoms in total. The molecule has 0 N–H and O–H groups in total. The number of hydrogen-bond donors (Lipinski definition) is 0. The molecule has 3 aromatic heterocycles. The van der Waals surface area contributed by atoms with E-state index in [1.165, 1.54) is 16.9 Å². The monoisotopic (exact) mass is 268 g/mol. The van der Waals surface area contributed by atoms with Gasteiger partial charge in [0.05, 0.1) is 11.8 Å². The van der Waals surface area contributed by atoms with Crippen LogP contribution in [-0.4, -0.2) is 26.0 Å². The normalized spacial score (nSPS) is 10.4. The highest BCUT2D eigenvalue weighted by molar-refractivity contribution is 5.85. The van der Waals surface area contributed by atoms with E-state index in [1.54, 1.807) is 24.5 Å². The van der Waals surface area contributed by atoms with Crippen LogP contribution in [0.4, 0.5) is 4.39 Å². The third kappa shape index (κ3) is 2.18. The van der Waals surface area contributed by atoms with E-state index in [4.69, 9.17) is 0 Å². The predicted octanol–water partition coefficient (Wildman–Crippen LogP) is 2.28. The highest BCUT2D eigenvalue weighted by Crippen LogP contribution is 2.21. The number of carbonyl (C=O) groups is 1. The molecule has 0 atom stereocenters. The molecule has 0 aliphatic carbocycles. The van der Waals surface area contributed by atoms with E-state index in [9.17, 15) is 9.18 Å². The maximum Gasteiger partial charge on any atom is 0.153 e. The van der Waals surface area contributed by atoms with Gasteiger partial charge in [0.1, 0.15) is 11.5 Å². The van der Waals surface area contributed by atoms with Gasteiger partial charge in [0.15, 0.2) is 12.1 Å². The number of nitrogens with zero attached hydrogens (tertiary/aromatic N) is 4. The Bertz CT molecular complexity index is 755. The Morgan fingerprint density at radius 1 is 1.25 bits per heavy atom. The van der Waals surface area contributed by atoms with Crippen molar-refractivity contribution in [3.8, 4) is 17.1 Å². The van der Waals surface area contributed by atoms with Gasteiger partial charge < -0.3 is 0 Å². The first-order chi connectivity index (χ1) is 9.78. The molecule has 0 aliphatic rings. The molecular formula is C14H9FN4O. The van der Waals surface area contributed by atoms with Crippen LogP contribution in [0.15, 0.2) is 49.1 Å². The maximum absolute atomic E-state index is 13.2. The predicted molar refractivity (Wildman–Crippen MR) is 69.9 cm³/mol. The Morgan fingerprint density at radius 2 is 2.15 bits per heavy atom. The first kappa shape index (κ1) is 12.2. The van der Waals surface area contributed by atoms with Gasteiger partial charge in [-0.3, -0.25) is 9.78 Å². The lowest BCUT2D eigenvalue weighted by atomic mass is 10.1. The molecular weight excluding hydrogens is 259 g/mol. The second kappa shape index (κ2) is 5.00. The average Bonchev–Trinajstić information content (AvgIpc) is 2.92. The first-order valence-electron chi connectivity index (χ1n) is 5.85. The molecule has 0 radical (unpaired) electrons. The molecule has 0 aliphatic heterocycles. The molecule has 0 bridgehead atoms. The van der Waals surface area contributed by atoms with E-state index in [1.807, 2.05) is 6.07 Å². The summed E-state index contributed by atoms with van der Waals surface area (Å²) in [6.45, 7) is 0. The lowest BCUT2D eigenvalue weighted by Crippen LogP contribution is -1.97. The van der Waals surface area contributed by atoms with E-state index >= 15 is 0 Å². The van der Waals surface area contributed by atoms with Crippen molar-refractivity contribution < 1.29 is 9.18 Å². The molecule has 0 fully saturated rings. The van der Waals surface area contributed by atoms with E-state index in [2.05, 4.69) is 15.1 Å². The summed E-state index contributed by atoms with van der Waals surface area (Å²) in [5.41, 5.74) is 1.17. The molecule has 3 aromatic rings. The van der Waals surface area contributed by atoms with Crippen molar-refractivity contribution in [3.63, 3.8) is 0 Å². The molecule has 0 saturated carbocycles. The van der Waals surface area contributed by atoms with Crippen LogP contribution in [0.5, 0.6) is 0 Å². The maximum atomic E-state index is 13.2. The summed E-state index contributed by atoms with van der Waals surface area (Å²) < 4.78 is 14.7. The molecule has 0 amide bonds. The van der Waals surface area contributed by atoms with Crippen LogP contribution in [0.25, 0.3) is 17.1 Å². The van der Waals surface area contributed by atoms with Gasteiger partial charge in [-0.15, -0.1) is 0 Å². The van der Waals surface area contributed by atoms with E-state index in [0.29, 0.717) is 28.9 Å². The summed E-state index contributed by atoms with van der Waals surface area (Å²) in [6.07, 6.45) is 6.41. The SMILES string of the molecule is O=Cc1cn(-c2ccccn2)nc1-c1cncc(F)c1. The molecule has 3 heterocycles. The van der Waals surface area contributed by atoms with Crippen molar-refractivity contribution in [1.29, 1.82) is 0 Å². The summed E-state index contributed by atoms with van der Waals surface area (Å²) in [6, 6.07) is 6.64. The van der Waals surface area contributed by atoms with Crippen molar-refractivity contribution in [3.05, 3.63) is 60.4 Å². The minimum absolute atomic E-state index is 0.350. The Kier molecular flexibility index (Phi) is 3.04. The number of hydrogen-bond acceptors (Lipinski definition) is 4. The molecule has 3 rings (SSSR count). The summed E-state index contributed by atoms with van der Waals surface area (Å²) in [5.74, 6) is 0.0953. The summed E-state index contributed by atoms with van der Waals surface area (Å²) >= 11 is 0. The smallest absolute Gasteiger partial charge is 0.153 e. The van der Waals surface area contributed by atoms with Crippen LogP contribution in [-0.2, 0) is 0 Å². The summed E-state index contributed by atoms with van der Waals surface area (Å²) in [7, 11) is 0. The fourth-order valence-corrected chi connectivity index (χ4v) is 1.85. The molecule has 98 valence electrons. The van der Waals surface area contributed by atoms with Crippen LogP contribution < -0.4 is 0 Å². The number of carbonyl (C=O) groups excluding carboxylic acids is 1. The topological polar surface area (TPSA) is 60.7 Å². The molecule has 0 saturated heterocycles. The highest BCUT2D eigenvalue weighted by atomic mass is 19.1. The Balaban J connectivity index is 2.13. The second-order valence-corrected chi connectivity index (χ2v) is 4.08. The summed E-state index contributed by atoms with van der Waals surface area (Å²) in [4.78, 5) is 19.0. The molecule has 6 heteroatoms. The zero-order chi connectivity index (χ0) is 13.9. The highest BCUT2D eigenvalue weighted by Gasteiger charge is 2.13. The van der Waals surface area contributed by atoms with Crippen LogP contribution in [0, 0.1) is 5.82 Å². The third-order valence-electron chi connectivity index (χ3n) is 2.73. The third-order valence-corrected chi connectivity index (χ3v) is 2.73. The van der Waals surface area contributed by atoms with E-state index in [-0.39, 0.29) is 0 Å². The fourth-order valence-electron chi connectivity index (χ4n) is 1.85. The van der Waals surface area contributed by atoms with Crippen LogP contribution in [0.3, 0.4) is 0 Å².